The van der Waals surface area contributed by atoms with Crippen molar-refractivity contribution in [1.29, 1.82) is 0 Å². The average molecular weight is 246 g/mol. The summed E-state index contributed by atoms with van der Waals surface area (Å²) in [6, 6.07) is 4.75. The van der Waals surface area contributed by atoms with Gasteiger partial charge in [0.1, 0.15) is 12.3 Å². The molecule has 1 aromatic rings. The van der Waals surface area contributed by atoms with Crippen molar-refractivity contribution in [2.24, 2.45) is 0 Å². The summed E-state index contributed by atoms with van der Waals surface area (Å²) in [5.74, 6) is 0.459. The van der Waals surface area contributed by atoms with Gasteiger partial charge in [0.05, 0.1) is 12.3 Å². The smallest absolute Gasteiger partial charge is 0.405 e. The van der Waals surface area contributed by atoms with Crippen LogP contribution in [0.4, 0.5) is 24.5 Å². The SMILES string of the molecule is Nc1ccc2c(c1)N(CC(F)(F)F)CCCO2. The second kappa shape index (κ2) is 4.35. The van der Waals surface area contributed by atoms with E-state index >= 15 is 0 Å². The molecule has 6 heteroatoms. The zero-order valence-corrected chi connectivity index (χ0v) is 9.13. The fraction of sp³-hybridized carbons (Fsp3) is 0.455. The lowest BCUT2D eigenvalue weighted by atomic mass is 10.2. The highest BCUT2D eigenvalue weighted by molar-refractivity contribution is 5.65. The van der Waals surface area contributed by atoms with Gasteiger partial charge in [-0.3, -0.25) is 0 Å². The van der Waals surface area contributed by atoms with Crippen LogP contribution in [0.15, 0.2) is 18.2 Å². The third-order valence-corrected chi connectivity index (χ3v) is 2.52. The first-order valence-corrected chi connectivity index (χ1v) is 5.30. The predicted molar refractivity (Wildman–Crippen MR) is 59.2 cm³/mol. The van der Waals surface area contributed by atoms with Gasteiger partial charge in [-0.05, 0) is 24.6 Å². The van der Waals surface area contributed by atoms with E-state index in [1.54, 1.807) is 12.1 Å². The molecule has 0 fully saturated rings. The van der Waals surface area contributed by atoms with Crippen molar-refractivity contribution in [3.8, 4) is 5.75 Å². The molecule has 2 rings (SSSR count). The van der Waals surface area contributed by atoms with E-state index in [-0.39, 0.29) is 0 Å². The van der Waals surface area contributed by atoms with Crippen LogP contribution in [0.5, 0.6) is 5.75 Å². The molecule has 0 amide bonds. The molecular weight excluding hydrogens is 233 g/mol. The van der Waals surface area contributed by atoms with Gasteiger partial charge in [0.2, 0.25) is 0 Å². The molecule has 1 aromatic carbocycles. The number of hydrogen-bond donors (Lipinski definition) is 1. The van der Waals surface area contributed by atoms with Crippen molar-refractivity contribution < 1.29 is 17.9 Å². The minimum Gasteiger partial charge on any atom is -0.491 e. The van der Waals surface area contributed by atoms with Gasteiger partial charge in [-0.2, -0.15) is 13.2 Å². The largest absolute Gasteiger partial charge is 0.491 e. The molecule has 0 bridgehead atoms. The summed E-state index contributed by atoms with van der Waals surface area (Å²) in [5.41, 5.74) is 6.44. The molecule has 1 aliphatic rings. The molecule has 0 atom stereocenters. The van der Waals surface area contributed by atoms with E-state index in [9.17, 15) is 13.2 Å². The summed E-state index contributed by atoms with van der Waals surface area (Å²) in [4.78, 5) is 1.26. The number of benzene rings is 1. The molecule has 0 spiro atoms. The Morgan fingerprint density at radius 2 is 2.12 bits per heavy atom. The van der Waals surface area contributed by atoms with Gasteiger partial charge in [0.15, 0.2) is 0 Å². The first kappa shape index (κ1) is 11.9. The minimum absolute atomic E-state index is 0.315. The number of nitrogen functional groups attached to an aromatic ring is 1. The number of ether oxygens (including phenoxy) is 1. The Morgan fingerprint density at radius 3 is 2.82 bits per heavy atom. The van der Waals surface area contributed by atoms with Crippen LogP contribution in [-0.2, 0) is 0 Å². The first-order valence-electron chi connectivity index (χ1n) is 5.30. The van der Waals surface area contributed by atoms with Crippen LogP contribution in [0, 0.1) is 0 Å². The summed E-state index contributed by atoms with van der Waals surface area (Å²) in [7, 11) is 0. The van der Waals surface area contributed by atoms with Gasteiger partial charge in [-0.15, -0.1) is 0 Å². The quantitative estimate of drug-likeness (QED) is 0.773. The van der Waals surface area contributed by atoms with Gasteiger partial charge < -0.3 is 15.4 Å². The van der Waals surface area contributed by atoms with Gasteiger partial charge in [-0.1, -0.05) is 0 Å². The van der Waals surface area contributed by atoms with Crippen LogP contribution in [0.25, 0.3) is 0 Å². The summed E-state index contributed by atoms with van der Waals surface area (Å²) in [6.07, 6.45) is -3.67. The molecule has 0 saturated carbocycles. The second-order valence-corrected chi connectivity index (χ2v) is 3.97. The van der Waals surface area contributed by atoms with Gasteiger partial charge in [-0.25, -0.2) is 0 Å². The zero-order chi connectivity index (χ0) is 12.5. The second-order valence-electron chi connectivity index (χ2n) is 3.97. The number of rotatable bonds is 1. The van der Waals surface area contributed by atoms with E-state index in [0.29, 0.717) is 36.7 Å². The molecule has 0 unspecified atom stereocenters. The molecule has 0 radical (unpaired) electrons. The number of anilines is 2. The van der Waals surface area contributed by atoms with E-state index in [0.717, 1.165) is 0 Å². The Balaban J connectivity index is 2.32. The van der Waals surface area contributed by atoms with Crippen molar-refractivity contribution in [3.05, 3.63) is 18.2 Å². The molecule has 0 aliphatic carbocycles. The predicted octanol–water partition coefficient (Wildman–Crippen LogP) is 2.42. The van der Waals surface area contributed by atoms with E-state index in [2.05, 4.69) is 0 Å². The van der Waals surface area contributed by atoms with Crippen LogP contribution in [0.2, 0.25) is 0 Å². The molecule has 0 aromatic heterocycles. The lowest BCUT2D eigenvalue weighted by Crippen LogP contribution is -2.34. The van der Waals surface area contributed by atoms with Crippen LogP contribution in [0.3, 0.4) is 0 Å². The van der Waals surface area contributed by atoms with E-state index < -0.39 is 12.7 Å². The highest BCUT2D eigenvalue weighted by Crippen LogP contribution is 2.34. The standard InChI is InChI=1S/C11H13F3N2O/c12-11(13,14)7-16-4-1-5-17-10-3-2-8(15)6-9(10)16/h2-3,6H,1,4-5,7,15H2. The summed E-state index contributed by atoms with van der Waals surface area (Å²) >= 11 is 0. The summed E-state index contributed by atoms with van der Waals surface area (Å²) < 4.78 is 42.7. The molecule has 94 valence electrons. The Morgan fingerprint density at radius 1 is 1.35 bits per heavy atom. The maximum Gasteiger partial charge on any atom is 0.405 e. The normalized spacial score (nSPS) is 16.1. The molecule has 0 saturated heterocycles. The van der Waals surface area contributed by atoms with E-state index in [4.69, 9.17) is 10.5 Å². The van der Waals surface area contributed by atoms with Crippen molar-refractivity contribution in [1.82, 2.24) is 0 Å². The van der Waals surface area contributed by atoms with Crippen LogP contribution >= 0.6 is 0 Å². The van der Waals surface area contributed by atoms with Crippen LogP contribution in [-0.4, -0.2) is 25.9 Å². The lowest BCUT2D eigenvalue weighted by Gasteiger charge is -2.25. The highest BCUT2D eigenvalue weighted by atomic mass is 19.4. The third-order valence-electron chi connectivity index (χ3n) is 2.52. The summed E-state index contributed by atoms with van der Waals surface area (Å²) in [5, 5.41) is 0. The van der Waals surface area contributed by atoms with Gasteiger partial charge in [0.25, 0.3) is 0 Å². The number of hydrogen-bond acceptors (Lipinski definition) is 3. The Hall–Kier alpha value is -1.59. The average Bonchev–Trinajstić information content (AvgIpc) is 2.39. The molecular formula is C11H13F3N2O. The number of nitrogens with zero attached hydrogens (tertiary/aromatic N) is 1. The Bertz CT molecular complexity index is 406. The number of fused-ring (bicyclic) bond motifs is 1. The van der Waals surface area contributed by atoms with Crippen molar-refractivity contribution >= 4 is 11.4 Å². The van der Waals surface area contributed by atoms with Crippen LogP contribution in [0.1, 0.15) is 6.42 Å². The number of alkyl halides is 3. The van der Waals surface area contributed by atoms with E-state index in [1.807, 2.05) is 0 Å². The monoisotopic (exact) mass is 246 g/mol. The van der Waals surface area contributed by atoms with Crippen molar-refractivity contribution in [2.75, 3.05) is 30.3 Å². The lowest BCUT2D eigenvalue weighted by molar-refractivity contribution is -0.119. The molecule has 3 nitrogen and oxygen atoms in total. The molecule has 1 aliphatic heterocycles. The van der Waals surface area contributed by atoms with Crippen molar-refractivity contribution in [2.45, 2.75) is 12.6 Å². The minimum atomic E-state index is -4.23. The first-order chi connectivity index (χ1) is 7.96. The molecule has 17 heavy (non-hydrogen) atoms. The topological polar surface area (TPSA) is 38.5 Å². The number of nitrogens with two attached hydrogens (primary N) is 1. The molecule has 2 N–H and O–H groups in total. The zero-order valence-electron chi connectivity index (χ0n) is 9.13. The van der Waals surface area contributed by atoms with Crippen molar-refractivity contribution in [3.63, 3.8) is 0 Å². The Labute approximate surface area is 97.0 Å². The summed E-state index contributed by atoms with van der Waals surface area (Å²) in [6.45, 7) is -0.242. The fourth-order valence-corrected chi connectivity index (χ4v) is 1.84. The Kier molecular flexibility index (Phi) is 3.04. The number of halogens is 3. The molecule has 1 heterocycles. The van der Waals surface area contributed by atoms with E-state index in [1.165, 1.54) is 11.0 Å². The fourth-order valence-electron chi connectivity index (χ4n) is 1.84. The van der Waals surface area contributed by atoms with Gasteiger partial charge in [0, 0.05) is 12.2 Å². The van der Waals surface area contributed by atoms with Gasteiger partial charge >= 0.3 is 6.18 Å². The highest BCUT2D eigenvalue weighted by Gasteiger charge is 2.32. The third kappa shape index (κ3) is 2.95. The van der Waals surface area contributed by atoms with Crippen LogP contribution < -0.4 is 15.4 Å². The maximum atomic E-state index is 12.5. The maximum absolute atomic E-state index is 12.5.